The van der Waals surface area contributed by atoms with Gasteiger partial charge < -0.3 is 19.6 Å². The summed E-state index contributed by atoms with van der Waals surface area (Å²) in [6.45, 7) is 0.235. The van der Waals surface area contributed by atoms with E-state index in [4.69, 9.17) is 32.7 Å². The minimum Gasteiger partial charge on any atom is -0.489 e. The molecule has 1 aliphatic carbocycles. The molecule has 1 unspecified atom stereocenters. The van der Waals surface area contributed by atoms with E-state index < -0.39 is 0 Å². The van der Waals surface area contributed by atoms with Gasteiger partial charge in [0, 0.05) is 21.7 Å². The molecule has 1 N–H and O–H groups in total. The lowest BCUT2D eigenvalue weighted by Crippen LogP contribution is -2.21. The van der Waals surface area contributed by atoms with Gasteiger partial charge in [-0.15, -0.1) is 0 Å². The Balaban J connectivity index is 1.45. The van der Waals surface area contributed by atoms with Crippen LogP contribution in [0.5, 0.6) is 11.5 Å². The molecule has 0 aliphatic heterocycles. The molecular weight excluding hydrogens is 449 g/mol. The third-order valence-corrected chi connectivity index (χ3v) is 5.82. The Hall–Kier alpha value is -3.02. The van der Waals surface area contributed by atoms with Crippen molar-refractivity contribution in [1.82, 2.24) is 0 Å². The van der Waals surface area contributed by atoms with Crippen LogP contribution in [0.4, 0.5) is 5.69 Å². The highest BCUT2D eigenvalue weighted by Crippen LogP contribution is 2.35. The molecule has 5 nitrogen and oxygen atoms in total. The summed E-state index contributed by atoms with van der Waals surface area (Å²) < 4.78 is 11.4. The third kappa shape index (κ3) is 5.42. The van der Waals surface area contributed by atoms with Crippen molar-refractivity contribution in [3.63, 3.8) is 0 Å². The minimum atomic E-state index is -0.276. The molecule has 0 spiro atoms. The van der Waals surface area contributed by atoms with Crippen molar-refractivity contribution in [2.75, 3.05) is 11.9 Å². The van der Waals surface area contributed by atoms with E-state index in [1.165, 1.54) is 0 Å². The predicted molar refractivity (Wildman–Crippen MR) is 125 cm³/mol. The molecule has 3 aromatic carbocycles. The van der Waals surface area contributed by atoms with Crippen LogP contribution in [0.3, 0.4) is 0 Å². The molecule has 32 heavy (non-hydrogen) atoms. The predicted octanol–water partition coefficient (Wildman–Crippen LogP) is 5.50. The van der Waals surface area contributed by atoms with Crippen molar-refractivity contribution in [1.29, 1.82) is 0 Å². The summed E-state index contributed by atoms with van der Waals surface area (Å²) in [4.78, 5) is 23.9. The van der Waals surface area contributed by atoms with E-state index in [0.717, 1.165) is 23.0 Å². The number of rotatable bonds is 8. The first-order valence-electron chi connectivity index (χ1n) is 10.2. The van der Waals surface area contributed by atoms with Gasteiger partial charge in [0.25, 0.3) is 5.91 Å². The molecule has 3 aromatic rings. The number of carbonyl (C=O) groups excluding carboxylic acids is 2. The zero-order chi connectivity index (χ0) is 22.5. The Morgan fingerprint density at radius 2 is 1.47 bits per heavy atom. The van der Waals surface area contributed by atoms with Crippen LogP contribution in [0.25, 0.3) is 0 Å². The summed E-state index contributed by atoms with van der Waals surface area (Å²) in [5, 5.41) is 4.16. The summed E-state index contributed by atoms with van der Waals surface area (Å²) in [6, 6.07) is 17.8. The first-order chi connectivity index (χ1) is 15.5. The Labute approximate surface area is 196 Å². The van der Waals surface area contributed by atoms with Gasteiger partial charge in [0.05, 0.1) is 0 Å². The lowest BCUT2D eigenvalue weighted by atomic mass is 10.0. The smallest absolute Gasteiger partial charge is 0.262 e. The molecule has 0 heterocycles. The molecule has 0 bridgehead atoms. The molecule has 1 atom stereocenters. The Morgan fingerprint density at radius 1 is 0.875 bits per heavy atom. The Bertz CT molecular complexity index is 1110. The third-order valence-electron chi connectivity index (χ3n) is 5.32. The molecule has 4 rings (SSSR count). The van der Waals surface area contributed by atoms with E-state index >= 15 is 0 Å². The van der Waals surface area contributed by atoms with Crippen molar-refractivity contribution < 1.29 is 19.1 Å². The van der Waals surface area contributed by atoms with Gasteiger partial charge in [-0.25, -0.2) is 0 Å². The quantitative estimate of drug-likeness (QED) is 0.442. The van der Waals surface area contributed by atoms with E-state index in [-0.39, 0.29) is 18.4 Å². The maximum absolute atomic E-state index is 12.5. The number of ether oxygens (including phenoxy) is 2. The van der Waals surface area contributed by atoms with E-state index in [0.29, 0.717) is 46.7 Å². The van der Waals surface area contributed by atoms with E-state index in [2.05, 4.69) is 5.32 Å². The average molecular weight is 470 g/mol. The molecule has 1 aliphatic rings. The number of benzene rings is 3. The summed E-state index contributed by atoms with van der Waals surface area (Å²) >= 11 is 11.8. The van der Waals surface area contributed by atoms with Crippen molar-refractivity contribution in [2.24, 2.45) is 5.92 Å². The van der Waals surface area contributed by atoms with Crippen LogP contribution in [0.1, 0.15) is 16.7 Å². The van der Waals surface area contributed by atoms with Crippen LogP contribution in [0.2, 0.25) is 10.0 Å². The molecule has 0 radical (unpaired) electrons. The first kappa shape index (κ1) is 22.2. The fourth-order valence-electron chi connectivity index (χ4n) is 3.73. The largest absolute Gasteiger partial charge is 0.489 e. The summed E-state index contributed by atoms with van der Waals surface area (Å²) in [7, 11) is 0. The molecule has 164 valence electrons. The van der Waals surface area contributed by atoms with Gasteiger partial charge in [0.15, 0.2) is 6.61 Å². The van der Waals surface area contributed by atoms with Gasteiger partial charge in [0.1, 0.15) is 24.4 Å². The Kier molecular flexibility index (Phi) is 6.98. The van der Waals surface area contributed by atoms with E-state index in [9.17, 15) is 9.59 Å². The SMILES string of the molecule is O=CC1Cc2c(COc3ccc(Cl)cc3)ccc(NC(=O)COc3ccc(Cl)cc3)c2C1. The van der Waals surface area contributed by atoms with Gasteiger partial charge in [-0.05, 0) is 84.1 Å². The van der Waals surface area contributed by atoms with Crippen LogP contribution in [0, 0.1) is 5.92 Å². The van der Waals surface area contributed by atoms with Crippen molar-refractivity contribution in [3.05, 3.63) is 87.4 Å². The molecule has 0 fully saturated rings. The summed E-state index contributed by atoms with van der Waals surface area (Å²) in [6.07, 6.45) is 2.18. The van der Waals surface area contributed by atoms with Crippen LogP contribution >= 0.6 is 23.2 Å². The standard InChI is InChI=1S/C25H21Cl2NO4/c26-18-2-6-20(7-3-18)31-14-17-1-10-24(23-12-16(13-29)11-22(17)23)28-25(30)15-32-21-8-4-19(27)5-9-21/h1-10,13,16H,11-12,14-15H2,(H,28,30). The topological polar surface area (TPSA) is 64.6 Å². The van der Waals surface area contributed by atoms with Gasteiger partial charge in [-0.3, -0.25) is 4.79 Å². The molecule has 7 heteroatoms. The number of halogens is 2. The van der Waals surface area contributed by atoms with Crippen molar-refractivity contribution >= 4 is 41.1 Å². The second kappa shape index (κ2) is 10.1. The number of aldehydes is 1. The fourth-order valence-corrected chi connectivity index (χ4v) is 3.98. The van der Waals surface area contributed by atoms with Crippen LogP contribution < -0.4 is 14.8 Å². The van der Waals surface area contributed by atoms with E-state index in [1.54, 1.807) is 36.4 Å². The fraction of sp³-hybridized carbons (Fsp3) is 0.200. The monoisotopic (exact) mass is 469 g/mol. The second-order valence-electron chi connectivity index (χ2n) is 7.57. The first-order valence-corrected chi connectivity index (χ1v) is 10.9. The number of carbonyl (C=O) groups is 2. The maximum atomic E-state index is 12.5. The van der Waals surface area contributed by atoms with Crippen molar-refractivity contribution in [3.8, 4) is 11.5 Å². The molecular formula is C25H21Cl2NO4. The lowest BCUT2D eigenvalue weighted by Gasteiger charge is -2.15. The molecule has 0 saturated carbocycles. The highest BCUT2D eigenvalue weighted by molar-refractivity contribution is 6.30. The normalized spacial score (nSPS) is 14.5. The van der Waals surface area contributed by atoms with Gasteiger partial charge in [-0.1, -0.05) is 29.3 Å². The summed E-state index contributed by atoms with van der Waals surface area (Å²) in [5.74, 6) is 0.889. The highest BCUT2D eigenvalue weighted by atomic mass is 35.5. The minimum absolute atomic E-state index is 0.109. The van der Waals surface area contributed by atoms with Gasteiger partial charge in [-0.2, -0.15) is 0 Å². The average Bonchev–Trinajstić information content (AvgIpc) is 3.24. The Morgan fingerprint density at radius 3 is 2.09 bits per heavy atom. The van der Waals surface area contributed by atoms with Crippen LogP contribution in [-0.2, 0) is 29.0 Å². The molecule has 0 saturated heterocycles. The van der Waals surface area contributed by atoms with Crippen molar-refractivity contribution in [2.45, 2.75) is 19.4 Å². The highest BCUT2D eigenvalue weighted by Gasteiger charge is 2.27. The zero-order valence-electron chi connectivity index (χ0n) is 17.1. The zero-order valence-corrected chi connectivity index (χ0v) is 18.7. The van der Waals surface area contributed by atoms with E-state index in [1.807, 2.05) is 24.3 Å². The number of amides is 1. The number of hydrogen-bond donors (Lipinski definition) is 1. The molecule has 0 aromatic heterocycles. The van der Waals surface area contributed by atoms with Crippen LogP contribution in [-0.4, -0.2) is 18.8 Å². The number of fused-ring (bicyclic) bond motifs is 1. The lowest BCUT2D eigenvalue weighted by molar-refractivity contribution is -0.118. The molecule has 1 amide bonds. The van der Waals surface area contributed by atoms with Gasteiger partial charge >= 0.3 is 0 Å². The maximum Gasteiger partial charge on any atom is 0.262 e. The second-order valence-corrected chi connectivity index (χ2v) is 8.44. The summed E-state index contributed by atoms with van der Waals surface area (Å²) in [5.41, 5.74) is 3.71. The number of hydrogen-bond acceptors (Lipinski definition) is 4. The number of nitrogens with one attached hydrogen (secondary N) is 1. The van der Waals surface area contributed by atoms with Crippen LogP contribution in [0.15, 0.2) is 60.7 Å². The number of anilines is 1. The van der Waals surface area contributed by atoms with Gasteiger partial charge in [0.2, 0.25) is 0 Å².